The van der Waals surface area contributed by atoms with Gasteiger partial charge in [-0.25, -0.2) is 16.8 Å². The summed E-state index contributed by atoms with van der Waals surface area (Å²) in [5, 5.41) is 5.23. The van der Waals surface area contributed by atoms with E-state index in [0.29, 0.717) is 36.8 Å². The van der Waals surface area contributed by atoms with Crippen molar-refractivity contribution in [3.63, 3.8) is 0 Å². The highest BCUT2D eigenvalue weighted by molar-refractivity contribution is 7.91. The van der Waals surface area contributed by atoms with Crippen LogP contribution in [0.3, 0.4) is 0 Å². The molecule has 0 saturated carbocycles. The Morgan fingerprint density at radius 2 is 1.79 bits per heavy atom. The van der Waals surface area contributed by atoms with Crippen molar-refractivity contribution in [1.82, 2.24) is 13.9 Å². The molecular formula is C17H22ClN3O4S3. The summed E-state index contributed by atoms with van der Waals surface area (Å²) < 4.78 is 54.3. The van der Waals surface area contributed by atoms with Crippen molar-refractivity contribution >= 4 is 43.0 Å². The lowest BCUT2D eigenvalue weighted by atomic mass is 10.2. The molecule has 0 atom stereocenters. The van der Waals surface area contributed by atoms with Crippen molar-refractivity contribution in [1.29, 1.82) is 0 Å². The third-order valence-electron chi connectivity index (χ3n) is 4.46. The number of rotatable bonds is 8. The normalized spacial score (nSPS) is 16.5. The molecule has 1 N–H and O–H groups in total. The maximum atomic E-state index is 13.1. The summed E-state index contributed by atoms with van der Waals surface area (Å²) in [6.45, 7) is 1.84. The summed E-state index contributed by atoms with van der Waals surface area (Å²) >= 11 is 7.31. The minimum Gasteiger partial charge on any atom is -0.314 e. The Kier molecular flexibility index (Phi) is 7.13. The van der Waals surface area contributed by atoms with Crippen molar-refractivity contribution in [3.05, 3.63) is 52.4 Å². The number of nitrogens with zero attached hydrogens (tertiary/aromatic N) is 2. The van der Waals surface area contributed by atoms with Gasteiger partial charge in [-0.3, -0.25) is 0 Å². The maximum Gasteiger partial charge on any atom is 0.252 e. The highest BCUT2D eigenvalue weighted by Gasteiger charge is 2.30. The van der Waals surface area contributed by atoms with Crippen LogP contribution >= 0.6 is 22.9 Å². The van der Waals surface area contributed by atoms with Gasteiger partial charge in [-0.05, 0) is 23.1 Å². The molecule has 0 amide bonds. The van der Waals surface area contributed by atoms with Crippen LogP contribution < -0.4 is 5.32 Å². The van der Waals surface area contributed by atoms with E-state index in [9.17, 15) is 16.8 Å². The number of piperazine rings is 1. The van der Waals surface area contributed by atoms with E-state index < -0.39 is 20.0 Å². The number of nitrogens with one attached hydrogen (secondary N) is 1. The topological polar surface area (TPSA) is 86.8 Å². The largest absolute Gasteiger partial charge is 0.314 e. The number of hydrogen-bond donors (Lipinski definition) is 1. The quantitative estimate of drug-likeness (QED) is 0.645. The first kappa shape index (κ1) is 21.7. The van der Waals surface area contributed by atoms with Crippen molar-refractivity contribution in [2.24, 2.45) is 0 Å². The van der Waals surface area contributed by atoms with Crippen LogP contribution in [0.1, 0.15) is 5.56 Å². The van der Waals surface area contributed by atoms with E-state index in [-0.39, 0.29) is 23.1 Å². The average molecular weight is 464 g/mol. The highest BCUT2D eigenvalue weighted by atomic mass is 35.5. The van der Waals surface area contributed by atoms with Crippen LogP contribution in [0.2, 0.25) is 5.02 Å². The molecule has 1 saturated heterocycles. The Morgan fingerprint density at radius 3 is 2.43 bits per heavy atom. The lowest BCUT2D eigenvalue weighted by Crippen LogP contribution is -2.48. The Bertz CT molecular complexity index is 988. The van der Waals surface area contributed by atoms with Crippen LogP contribution in [0.4, 0.5) is 0 Å². The van der Waals surface area contributed by atoms with E-state index in [4.69, 9.17) is 11.6 Å². The zero-order valence-corrected chi connectivity index (χ0v) is 18.3. The van der Waals surface area contributed by atoms with Crippen LogP contribution in [0.15, 0.2) is 46.0 Å². The lowest BCUT2D eigenvalue weighted by molar-refractivity contribution is 0.355. The van der Waals surface area contributed by atoms with Gasteiger partial charge in [0.1, 0.15) is 4.21 Å². The molecule has 3 rings (SSSR count). The first-order valence-electron chi connectivity index (χ1n) is 8.76. The predicted octanol–water partition coefficient (Wildman–Crippen LogP) is 1.83. The molecule has 0 aliphatic carbocycles. The number of thiophene rings is 1. The number of hydrogen-bond acceptors (Lipinski definition) is 6. The standard InChI is InChI=1S/C17H22ClN3O4S3/c18-16-5-2-1-4-15(16)14-21(28(24,25)17-6-3-12-26-17)11-13-27(22,23)20-9-7-19-8-10-20/h1-6,12,19H,7-11,13-14H2. The third kappa shape index (κ3) is 5.12. The first-order chi connectivity index (χ1) is 13.3. The second-order valence-corrected chi connectivity index (χ2v) is 11.9. The van der Waals surface area contributed by atoms with E-state index in [2.05, 4.69) is 5.32 Å². The Balaban J connectivity index is 1.83. The molecule has 0 radical (unpaired) electrons. The third-order valence-corrected chi connectivity index (χ3v) is 9.90. The first-order valence-corrected chi connectivity index (χ1v) is 13.1. The van der Waals surface area contributed by atoms with Gasteiger partial charge in [0, 0.05) is 44.3 Å². The monoisotopic (exact) mass is 463 g/mol. The summed E-state index contributed by atoms with van der Waals surface area (Å²) in [4.78, 5) is 0. The van der Waals surface area contributed by atoms with Gasteiger partial charge < -0.3 is 5.32 Å². The Labute approximate surface area is 175 Å². The van der Waals surface area contributed by atoms with Crippen LogP contribution in [0, 0.1) is 0 Å². The van der Waals surface area contributed by atoms with Crippen LogP contribution in [-0.2, 0) is 26.6 Å². The number of benzene rings is 1. The molecule has 11 heteroatoms. The zero-order chi connectivity index (χ0) is 20.2. The molecule has 1 aliphatic heterocycles. The SMILES string of the molecule is O=S(=O)(CCN(Cc1ccccc1Cl)S(=O)(=O)c1cccs1)N1CCNCC1. The Morgan fingerprint density at radius 1 is 1.07 bits per heavy atom. The predicted molar refractivity (Wildman–Crippen MR) is 112 cm³/mol. The van der Waals surface area contributed by atoms with Crippen LogP contribution in [0.25, 0.3) is 0 Å². The molecule has 0 bridgehead atoms. The molecule has 7 nitrogen and oxygen atoms in total. The van der Waals surface area contributed by atoms with E-state index in [0.717, 1.165) is 11.3 Å². The zero-order valence-electron chi connectivity index (χ0n) is 15.1. The van der Waals surface area contributed by atoms with Crippen molar-refractivity contribution < 1.29 is 16.8 Å². The van der Waals surface area contributed by atoms with Gasteiger partial charge in [-0.2, -0.15) is 8.61 Å². The van der Waals surface area contributed by atoms with Crippen molar-refractivity contribution in [3.8, 4) is 0 Å². The second kappa shape index (κ2) is 9.21. The molecule has 1 aromatic heterocycles. The summed E-state index contributed by atoms with van der Waals surface area (Å²) in [7, 11) is -7.38. The molecule has 28 heavy (non-hydrogen) atoms. The van der Waals surface area contributed by atoms with Gasteiger partial charge in [-0.1, -0.05) is 35.9 Å². The van der Waals surface area contributed by atoms with E-state index in [1.54, 1.807) is 35.7 Å². The summed E-state index contributed by atoms with van der Waals surface area (Å²) in [5.41, 5.74) is 0.629. The van der Waals surface area contributed by atoms with E-state index in [1.807, 2.05) is 0 Å². The fourth-order valence-electron chi connectivity index (χ4n) is 2.91. The summed E-state index contributed by atoms with van der Waals surface area (Å²) in [6, 6.07) is 10.1. The van der Waals surface area contributed by atoms with Crippen LogP contribution in [0.5, 0.6) is 0 Å². The molecule has 0 spiro atoms. The molecule has 1 fully saturated rings. The van der Waals surface area contributed by atoms with Crippen LogP contribution in [-0.4, -0.2) is 63.9 Å². The molecule has 2 aromatic rings. The number of sulfonamides is 2. The molecule has 2 heterocycles. The molecular weight excluding hydrogens is 442 g/mol. The van der Waals surface area contributed by atoms with Gasteiger partial charge in [0.05, 0.1) is 5.75 Å². The summed E-state index contributed by atoms with van der Waals surface area (Å²) in [6.07, 6.45) is 0. The van der Waals surface area contributed by atoms with Gasteiger partial charge in [0.15, 0.2) is 0 Å². The highest BCUT2D eigenvalue weighted by Crippen LogP contribution is 2.25. The molecule has 1 aromatic carbocycles. The van der Waals surface area contributed by atoms with Crippen molar-refractivity contribution in [2.45, 2.75) is 10.8 Å². The molecule has 1 aliphatic rings. The minimum absolute atomic E-state index is 0.0109. The van der Waals surface area contributed by atoms with Gasteiger partial charge in [0.25, 0.3) is 10.0 Å². The number of halogens is 1. The fourth-order valence-corrected chi connectivity index (χ4v) is 7.23. The van der Waals surface area contributed by atoms with E-state index in [1.165, 1.54) is 14.7 Å². The fraction of sp³-hybridized carbons (Fsp3) is 0.412. The van der Waals surface area contributed by atoms with Crippen molar-refractivity contribution in [2.75, 3.05) is 38.5 Å². The maximum absolute atomic E-state index is 13.1. The molecule has 154 valence electrons. The summed E-state index contributed by atoms with van der Waals surface area (Å²) in [5.74, 6) is -0.276. The molecule has 0 unspecified atom stereocenters. The average Bonchev–Trinajstić information content (AvgIpc) is 3.23. The van der Waals surface area contributed by atoms with Gasteiger partial charge >= 0.3 is 0 Å². The minimum atomic E-state index is -3.83. The smallest absolute Gasteiger partial charge is 0.252 e. The second-order valence-electron chi connectivity index (χ2n) is 6.33. The van der Waals surface area contributed by atoms with Gasteiger partial charge in [-0.15, -0.1) is 11.3 Å². The Hall–Kier alpha value is -1.01. The lowest BCUT2D eigenvalue weighted by Gasteiger charge is -2.28. The van der Waals surface area contributed by atoms with Gasteiger partial charge in [0.2, 0.25) is 10.0 Å². The van der Waals surface area contributed by atoms with E-state index >= 15 is 0 Å².